The maximum absolute atomic E-state index is 4.39. The number of nitrogens with one attached hydrogen (secondary N) is 1. The van der Waals surface area contributed by atoms with Crippen molar-refractivity contribution in [3.63, 3.8) is 0 Å². The van der Waals surface area contributed by atoms with E-state index in [-0.39, 0.29) is 11.5 Å². The predicted molar refractivity (Wildman–Crippen MR) is 85.2 cm³/mol. The minimum Gasteiger partial charge on any atom is -0.305 e. The third-order valence-electron chi connectivity index (χ3n) is 3.38. The van der Waals surface area contributed by atoms with Crippen molar-refractivity contribution in [3.8, 4) is 0 Å². The van der Waals surface area contributed by atoms with Gasteiger partial charge in [0.15, 0.2) is 0 Å². The quantitative estimate of drug-likeness (QED) is 0.906. The molecule has 0 aliphatic rings. The largest absolute Gasteiger partial charge is 0.305 e. The normalized spacial score (nSPS) is 13.4. The summed E-state index contributed by atoms with van der Waals surface area (Å²) in [6.07, 6.45) is 2.96. The fourth-order valence-electron chi connectivity index (χ4n) is 2.16. The standard InChI is InChI=1S/C16H23N3S/c1-5-10-17-15(14-11-18-20-19-14)12-6-8-13(9-7-12)16(2,3)4/h6-9,11,15,17H,5,10H2,1-4H3. The SMILES string of the molecule is CCCNC(c1ccc(C(C)(C)C)cc1)c1cnsn1. The number of aromatic nitrogens is 2. The molecule has 20 heavy (non-hydrogen) atoms. The predicted octanol–water partition coefficient (Wildman–Crippen LogP) is 3.92. The van der Waals surface area contributed by atoms with Gasteiger partial charge in [0.25, 0.3) is 0 Å². The van der Waals surface area contributed by atoms with Crippen LogP contribution in [0, 0.1) is 0 Å². The van der Waals surface area contributed by atoms with Gasteiger partial charge in [0.2, 0.25) is 0 Å². The van der Waals surface area contributed by atoms with Crippen LogP contribution in [0.1, 0.15) is 57.0 Å². The molecule has 1 unspecified atom stereocenters. The molecule has 1 heterocycles. The Bertz CT molecular complexity index is 512. The second kappa shape index (κ2) is 6.46. The second-order valence-electron chi connectivity index (χ2n) is 6.09. The smallest absolute Gasteiger partial charge is 0.0957 e. The zero-order chi connectivity index (χ0) is 14.6. The monoisotopic (exact) mass is 289 g/mol. The van der Waals surface area contributed by atoms with Gasteiger partial charge in [0.1, 0.15) is 0 Å². The van der Waals surface area contributed by atoms with Gasteiger partial charge >= 0.3 is 0 Å². The van der Waals surface area contributed by atoms with Gasteiger partial charge in [-0.3, -0.25) is 0 Å². The number of nitrogens with zero attached hydrogens (tertiary/aromatic N) is 2. The van der Waals surface area contributed by atoms with E-state index in [9.17, 15) is 0 Å². The molecule has 0 saturated carbocycles. The Labute approximate surface area is 125 Å². The Morgan fingerprint density at radius 2 is 1.90 bits per heavy atom. The molecular formula is C16H23N3S. The van der Waals surface area contributed by atoms with Gasteiger partial charge in [0.05, 0.1) is 29.7 Å². The summed E-state index contributed by atoms with van der Waals surface area (Å²) in [5.41, 5.74) is 3.80. The van der Waals surface area contributed by atoms with E-state index in [1.54, 1.807) is 0 Å². The van der Waals surface area contributed by atoms with Crippen LogP contribution < -0.4 is 5.32 Å². The fourth-order valence-corrected chi connectivity index (χ4v) is 2.61. The average Bonchev–Trinajstić information content (AvgIpc) is 2.93. The first-order valence-corrected chi connectivity index (χ1v) is 7.86. The highest BCUT2D eigenvalue weighted by Crippen LogP contribution is 2.26. The van der Waals surface area contributed by atoms with E-state index in [0.717, 1.165) is 18.7 Å². The Kier molecular flexibility index (Phi) is 4.89. The maximum Gasteiger partial charge on any atom is 0.0957 e. The van der Waals surface area contributed by atoms with E-state index < -0.39 is 0 Å². The summed E-state index contributed by atoms with van der Waals surface area (Å²) in [4.78, 5) is 0. The van der Waals surface area contributed by atoms with Crippen LogP contribution in [0.2, 0.25) is 0 Å². The molecule has 0 spiro atoms. The average molecular weight is 289 g/mol. The lowest BCUT2D eigenvalue weighted by Gasteiger charge is -2.21. The topological polar surface area (TPSA) is 37.8 Å². The molecule has 0 fully saturated rings. The summed E-state index contributed by atoms with van der Waals surface area (Å²) in [5, 5.41) is 3.55. The third kappa shape index (κ3) is 3.64. The van der Waals surface area contributed by atoms with E-state index in [4.69, 9.17) is 0 Å². The molecule has 1 aromatic heterocycles. The molecule has 3 nitrogen and oxygen atoms in total. The number of hydrogen-bond acceptors (Lipinski definition) is 4. The number of rotatable bonds is 5. The van der Waals surface area contributed by atoms with Crippen molar-refractivity contribution in [2.24, 2.45) is 0 Å². The van der Waals surface area contributed by atoms with Gasteiger partial charge < -0.3 is 5.32 Å². The lowest BCUT2D eigenvalue weighted by molar-refractivity contribution is 0.580. The Morgan fingerprint density at radius 1 is 1.20 bits per heavy atom. The highest BCUT2D eigenvalue weighted by Gasteiger charge is 2.18. The van der Waals surface area contributed by atoms with Crippen LogP contribution in [-0.2, 0) is 5.41 Å². The highest BCUT2D eigenvalue weighted by atomic mass is 32.1. The van der Waals surface area contributed by atoms with Gasteiger partial charge in [-0.2, -0.15) is 8.75 Å². The van der Waals surface area contributed by atoms with Crippen molar-refractivity contribution < 1.29 is 0 Å². The summed E-state index contributed by atoms with van der Waals surface area (Å²) in [6, 6.07) is 8.98. The molecule has 1 atom stereocenters. The molecule has 108 valence electrons. The van der Waals surface area contributed by atoms with Crippen LogP contribution in [0.25, 0.3) is 0 Å². The summed E-state index contributed by atoms with van der Waals surface area (Å²) >= 11 is 1.26. The molecule has 0 aliphatic heterocycles. The minimum atomic E-state index is 0.141. The van der Waals surface area contributed by atoms with E-state index in [2.05, 4.69) is 66.0 Å². The van der Waals surface area contributed by atoms with Crippen molar-refractivity contribution in [2.45, 2.75) is 45.6 Å². The van der Waals surface area contributed by atoms with Gasteiger partial charge in [-0.1, -0.05) is 52.0 Å². The summed E-state index contributed by atoms with van der Waals surface area (Å²) in [6.45, 7) is 9.85. The Morgan fingerprint density at radius 3 is 2.40 bits per heavy atom. The van der Waals surface area contributed by atoms with Gasteiger partial charge in [-0.25, -0.2) is 0 Å². The van der Waals surface area contributed by atoms with Crippen LogP contribution >= 0.6 is 11.7 Å². The van der Waals surface area contributed by atoms with Crippen molar-refractivity contribution in [1.82, 2.24) is 14.1 Å². The molecule has 2 rings (SSSR count). The molecule has 0 aliphatic carbocycles. The summed E-state index contributed by atoms with van der Waals surface area (Å²) in [7, 11) is 0. The maximum atomic E-state index is 4.39. The first-order chi connectivity index (χ1) is 9.52. The van der Waals surface area contributed by atoms with Crippen LogP contribution in [0.4, 0.5) is 0 Å². The molecule has 1 aromatic carbocycles. The molecule has 0 radical (unpaired) electrons. The minimum absolute atomic E-state index is 0.141. The van der Waals surface area contributed by atoms with Crippen molar-refractivity contribution >= 4 is 11.7 Å². The Balaban J connectivity index is 2.25. The lowest BCUT2D eigenvalue weighted by atomic mass is 9.86. The van der Waals surface area contributed by atoms with Crippen LogP contribution in [0.3, 0.4) is 0 Å². The van der Waals surface area contributed by atoms with Crippen LogP contribution in [-0.4, -0.2) is 15.3 Å². The van der Waals surface area contributed by atoms with Crippen LogP contribution in [0.5, 0.6) is 0 Å². The van der Waals surface area contributed by atoms with Crippen molar-refractivity contribution in [1.29, 1.82) is 0 Å². The van der Waals surface area contributed by atoms with Gasteiger partial charge in [-0.05, 0) is 29.5 Å². The molecule has 0 amide bonds. The highest BCUT2D eigenvalue weighted by molar-refractivity contribution is 6.99. The van der Waals surface area contributed by atoms with E-state index in [0.29, 0.717) is 0 Å². The molecular weight excluding hydrogens is 266 g/mol. The molecule has 1 N–H and O–H groups in total. The van der Waals surface area contributed by atoms with E-state index >= 15 is 0 Å². The molecule has 0 bridgehead atoms. The first kappa shape index (κ1) is 15.1. The zero-order valence-corrected chi connectivity index (χ0v) is 13.5. The number of hydrogen-bond donors (Lipinski definition) is 1. The lowest BCUT2D eigenvalue weighted by Crippen LogP contribution is -2.23. The summed E-state index contributed by atoms with van der Waals surface area (Å²) < 4.78 is 8.51. The van der Waals surface area contributed by atoms with E-state index in [1.165, 1.54) is 22.9 Å². The zero-order valence-electron chi connectivity index (χ0n) is 12.7. The molecule has 0 saturated heterocycles. The molecule has 2 aromatic rings. The van der Waals surface area contributed by atoms with Gasteiger partial charge in [0, 0.05) is 0 Å². The Hall–Kier alpha value is -1.26. The van der Waals surface area contributed by atoms with Crippen molar-refractivity contribution in [3.05, 3.63) is 47.3 Å². The van der Waals surface area contributed by atoms with Gasteiger partial charge in [-0.15, -0.1) is 0 Å². The van der Waals surface area contributed by atoms with E-state index in [1.807, 2.05) is 6.20 Å². The van der Waals surface area contributed by atoms with Crippen molar-refractivity contribution in [2.75, 3.05) is 6.54 Å². The molecule has 4 heteroatoms. The van der Waals surface area contributed by atoms with Crippen LogP contribution in [0.15, 0.2) is 30.5 Å². The number of benzene rings is 1. The summed E-state index contributed by atoms with van der Waals surface area (Å²) in [5.74, 6) is 0. The second-order valence-corrected chi connectivity index (χ2v) is 6.65. The fraction of sp³-hybridized carbons (Fsp3) is 0.500. The third-order valence-corrected chi connectivity index (χ3v) is 3.87. The first-order valence-electron chi connectivity index (χ1n) is 7.13.